The Morgan fingerprint density at radius 3 is 2.57 bits per heavy atom. The van der Waals surface area contributed by atoms with Gasteiger partial charge >= 0.3 is 12.1 Å². The first-order valence-electron chi connectivity index (χ1n) is 6.81. The van der Waals surface area contributed by atoms with Crippen LogP contribution in [0.2, 0.25) is 0 Å². The second-order valence-electron chi connectivity index (χ2n) is 4.88. The molecule has 0 amide bonds. The van der Waals surface area contributed by atoms with Crippen molar-refractivity contribution in [3.8, 4) is 0 Å². The van der Waals surface area contributed by atoms with Gasteiger partial charge in [-0.15, -0.1) is 0 Å². The Bertz CT molecular complexity index is 912. The first-order chi connectivity index (χ1) is 10.9. The van der Waals surface area contributed by atoms with E-state index in [0.29, 0.717) is 5.39 Å². The molecular weight excluding hydrogens is 314 g/mol. The molecule has 23 heavy (non-hydrogen) atoms. The average molecular weight is 325 g/mol. The van der Waals surface area contributed by atoms with Crippen LogP contribution in [0.3, 0.4) is 0 Å². The number of hydrogen-bond donors (Lipinski definition) is 0. The fraction of sp³-hybridized carbons (Fsp3) is 0.188. The zero-order chi connectivity index (χ0) is 16.8. The van der Waals surface area contributed by atoms with Crippen molar-refractivity contribution in [2.75, 3.05) is 6.61 Å². The molecule has 1 aromatic carbocycles. The van der Waals surface area contributed by atoms with Crippen molar-refractivity contribution in [3.05, 3.63) is 53.6 Å². The quantitative estimate of drug-likeness (QED) is 0.515. The number of benzene rings is 1. The number of aromatic nitrogens is 1. The molecule has 3 aromatic rings. The molecule has 3 nitrogen and oxygen atoms in total. The smallest absolute Gasteiger partial charge is 0.421 e. The first-order valence-corrected chi connectivity index (χ1v) is 6.81. The van der Waals surface area contributed by atoms with E-state index in [9.17, 15) is 22.4 Å². The molecule has 0 aliphatic carbocycles. The van der Waals surface area contributed by atoms with Gasteiger partial charge in [-0.2, -0.15) is 13.2 Å². The Kier molecular flexibility index (Phi) is 3.50. The van der Waals surface area contributed by atoms with Gasteiger partial charge in [0.25, 0.3) is 0 Å². The van der Waals surface area contributed by atoms with E-state index >= 15 is 0 Å². The van der Waals surface area contributed by atoms with E-state index in [1.54, 1.807) is 18.2 Å². The van der Waals surface area contributed by atoms with Crippen LogP contribution in [0.1, 0.15) is 23.0 Å². The minimum atomic E-state index is -4.94. The second-order valence-corrected chi connectivity index (χ2v) is 4.88. The number of fused-ring (bicyclic) bond motifs is 3. The molecule has 120 valence electrons. The number of nitrogens with zero attached hydrogens (tertiary/aromatic N) is 1. The molecule has 0 saturated heterocycles. The molecule has 0 aliphatic heterocycles. The highest BCUT2D eigenvalue weighted by Gasteiger charge is 2.41. The SMILES string of the molecule is CCOC(=O)c1c(F)c(C(F)(F)F)c2c3ccccc3ccn12. The van der Waals surface area contributed by atoms with Gasteiger partial charge in [0.15, 0.2) is 11.5 Å². The summed E-state index contributed by atoms with van der Waals surface area (Å²) in [7, 11) is 0. The third-order valence-electron chi connectivity index (χ3n) is 3.52. The lowest BCUT2D eigenvalue weighted by Gasteiger charge is -2.08. The van der Waals surface area contributed by atoms with Crippen LogP contribution in [-0.2, 0) is 10.9 Å². The molecule has 0 aliphatic rings. The maximum atomic E-state index is 14.4. The molecule has 2 heterocycles. The molecule has 3 rings (SSSR count). The summed E-state index contributed by atoms with van der Waals surface area (Å²) in [5.41, 5.74) is -2.60. The van der Waals surface area contributed by atoms with Crippen molar-refractivity contribution in [3.63, 3.8) is 0 Å². The number of alkyl halides is 3. The summed E-state index contributed by atoms with van der Waals surface area (Å²) in [4.78, 5) is 11.9. The molecule has 0 saturated carbocycles. The lowest BCUT2D eigenvalue weighted by Crippen LogP contribution is -2.11. The molecule has 0 unspecified atom stereocenters. The number of carbonyl (C=O) groups excluding carboxylic acids is 1. The lowest BCUT2D eigenvalue weighted by molar-refractivity contribution is -0.138. The number of halogens is 4. The Morgan fingerprint density at radius 2 is 1.91 bits per heavy atom. The lowest BCUT2D eigenvalue weighted by atomic mass is 10.1. The third kappa shape index (κ3) is 2.32. The zero-order valence-electron chi connectivity index (χ0n) is 11.9. The molecule has 7 heteroatoms. The maximum Gasteiger partial charge on any atom is 0.421 e. The summed E-state index contributed by atoms with van der Waals surface area (Å²) in [5.74, 6) is -2.75. The molecule has 0 bridgehead atoms. The highest BCUT2D eigenvalue weighted by Crippen LogP contribution is 2.40. The Balaban J connectivity index is 2.50. The predicted molar refractivity (Wildman–Crippen MR) is 75.8 cm³/mol. The standard InChI is InChI=1S/C16H11F4NO2/c1-2-23-15(22)14-12(17)11(16(18,19)20)13-10-6-4-3-5-9(10)7-8-21(13)14/h3-8H,2H2,1H3. The number of rotatable bonds is 2. The van der Waals surface area contributed by atoms with Crippen molar-refractivity contribution in [2.45, 2.75) is 13.1 Å². The van der Waals surface area contributed by atoms with E-state index in [-0.39, 0.29) is 12.0 Å². The molecule has 0 spiro atoms. The van der Waals surface area contributed by atoms with E-state index in [4.69, 9.17) is 0 Å². The van der Waals surface area contributed by atoms with Crippen molar-refractivity contribution in [1.29, 1.82) is 0 Å². The van der Waals surface area contributed by atoms with Gasteiger partial charge in [-0.05, 0) is 18.4 Å². The molecule has 0 N–H and O–H groups in total. The van der Waals surface area contributed by atoms with Gasteiger partial charge in [-0.1, -0.05) is 24.3 Å². The maximum absolute atomic E-state index is 14.4. The minimum Gasteiger partial charge on any atom is -0.461 e. The largest absolute Gasteiger partial charge is 0.461 e. The van der Waals surface area contributed by atoms with Crippen molar-refractivity contribution in [2.24, 2.45) is 0 Å². The normalized spacial score (nSPS) is 12.0. The van der Waals surface area contributed by atoms with Crippen LogP contribution in [0, 0.1) is 5.82 Å². The monoisotopic (exact) mass is 325 g/mol. The van der Waals surface area contributed by atoms with E-state index < -0.39 is 34.7 Å². The second kappa shape index (κ2) is 5.26. The van der Waals surface area contributed by atoms with Crippen molar-refractivity contribution in [1.82, 2.24) is 4.40 Å². The van der Waals surface area contributed by atoms with Crippen LogP contribution >= 0.6 is 0 Å². The Labute approximate surface area is 128 Å². The number of carbonyl (C=O) groups is 1. The highest BCUT2D eigenvalue weighted by molar-refractivity contribution is 6.01. The van der Waals surface area contributed by atoms with Crippen molar-refractivity contribution >= 4 is 22.3 Å². The summed E-state index contributed by atoms with van der Waals surface area (Å²) in [5, 5.41) is 0.718. The molecule has 0 atom stereocenters. The summed E-state index contributed by atoms with van der Waals surface area (Å²) < 4.78 is 60.1. The summed E-state index contributed by atoms with van der Waals surface area (Å²) in [6.45, 7) is 1.42. The molecular formula is C16H11F4NO2. The number of pyridine rings is 1. The van der Waals surface area contributed by atoms with E-state index in [1.165, 1.54) is 25.3 Å². The summed E-state index contributed by atoms with van der Waals surface area (Å²) >= 11 is 0. The molecule has 0 radical (unpaired) electrons. The minimum absolute atomic E-state index is 0.0690. The van der Waals surface area contributed by atoms with E-state index in [0.717, 1.165) is 4.40 Å². The fourth-order valence-corrected chi connectivity index (χ4v) is 2.63. The third-order valence-corrected chi connectivity index (χ3v) is 3.52. The van der Waals surface area contributed by atoms with Crippen LogP contribution in [0.15, 0.2) is 36.5 Å². The van der Waals surface area contributed by atoms with Gasteiger partial charge in [0.05, 0.1) is 12.1 Å². The molecule has 0 fully saturated rings. The van der Waals surface area contributed by atoms with Crippen LogP contribution in [0.25, 0.3) is 16.3 Å². The van der Waals surface area contributed by atoms with Crippen molar-refractivity contribution < 1.29 is 27.1 Å². The van der Waals surface area contributed by atoms with Crippen LogP contribution in [0.5, 0.6) is 0 Å². The van der Waals surface area contributed by atoms with Gasteiger partial charge in [0, 0.05) is 11.6 Å². The molecule has 2 aromatic heterocycles. The number of ether oxygens (including phenoxy) is 1. The van der Waals surface area contributed by atoms with Gasteiger partial charge < -0.3 is 9.14 Å². The summed E-state index contributed by atoms with van der Waals surface area (Å²) in [6.07, 6.45) is -3.70. The number of hydrogen-bond acceptors (Lipinski definition) is 2. The first kappa shape index (κ1) is 15.3. The Hall–Kier alpha value is -2.57. The fourth-order valence-electron chi connectivity index (χ4n) is 2.63. The Morgan fingerprint density at radius 1 is 1.22 bits per heavy atom. The van der Waals surface area contributed by atoms with Gasteiger partial charge in [0.1, 0.15) is 5.56 Å². The van der Waals surface area contributed by atoms with Gasteiger partial charge in [0.2, 0.25) is 0 Å². The number of esters is 1. The zero-order valence-corrected chi connectivity index (χ0v) is 11.9. The van der Waals surface area contributed by atoms with Gasteiger partial charge in [-0.25, -0.2) is 9.18 Å². The van der Waals surface area contributed by atoms with Gasteiger partial charge in [-0.3, -0.25) is 0 Å². The highest BCUT2D eigenvalue weighted by atomic mass is 19.4. The van der Waals surface area contributed by atoms with E-state index in [1.807, 2.05) is 0 Å². The van der Waals surface area contributed by atoms with E-state index in [2.05, 4.69) is 4.74 Å². The summed E-state index contributed by atoms with van der Waals surface area (Å²) in [6, 6.07) is 7.80. The van der Waals surface area contributed by atoms with Crippen LogP contribution < -0.4 is 0 Å². The average Bonchev–Trinajstić information content (AvgIpc) is 2.79. The van der Waals surface area contributed by atoms with Crippen LogP contribution in [-0.4, -0.2) is 17.0 Å². The van der Waals surface area contributed by atoms with Crippen LogP contribution in [0.4, 0.5) is 17.6 Å². The predicted octanol–water partition coefficient (Wildman–Crippen LogP) is 4.43. The topological polar surface area (TPSA) is 30.7 Å².